The van der Waals surface area contributed by atoms with Crippen molar-refractivity contribution in [2.45, 2.75) is 24.2 Å². The summed E-state index contributed by atoms with van der Waals surface area (Å²) in [6.45, 7) is 1.48. The van der Waals surface area contributed by atoms with Crippen LogP contribution in [0.4, 0.5) is 0 Å². The largest absolute Gasteiger partial charge is 0.354 e. The first kappa shape index (κ1) is 16.1. The maximum absolute atomic E-state index is 12.5. The molecule has 122 valence electrons. The minimum absolute atomic E-state index is 0.0805. The van der Waals surface area contributed by atoms with Crippen molar-refractivity contribution in [3.05, 3.63) is 47.8 Å². The maximum atomic E-state index is 12.5. The van der Waals surface area contributed by atoms with Gasteiger partial charge in [-0.2, -0.15) is 0 Å². The number of hydrogen-bond donors (Lipinski definition) is 1. The molecule has 1 aromatic carbocycles. The number of imidazole rings is 1. The minimum Gasteiger partial charge on any atom is -0.354 e. The number of rotatable bonds is 5. The van der Waals surface area contributed by atoms with E-state index in [4.69, 9.17) is 0 Å². The highest BCUT2D eigenvalue weighted by Gasteiger charge is 2.28. The standard InChI is InChI=1S/C17H22N4OS/c1-20-9-7-19-17(20)23-10-8-18-16(22)15-11-13-5-3-4-6-14(13)12-21(15)2/h3-7,9,15H,8,10-12H2,1-2H3,(H,18,22)/t15-/m1/s1. The smallest absolute Gasteiger partial charge is 0.237 e. The fraction of sp³-hybridized carbons (Fsp3) is 0.412. The molecule has 2 heterocycles. The van der Waals surface area contributed by atoms with Crippen LogP contribution in [0.2, 0.25) is 0 Å². The Hall–Kier alpha value is -1.79. The number of aromatic nitrogens is 2. The number of benzene rings is 1. The summed E-state index contributed by atoms with van der Waals surface area (Å²) in [7, 11) is 3.99. The number of hydrogen-bond acceptors (Lipinski definition) is 4. The monoisotopic (exact) mass is 330 g/mol. The van der Waals surface area contributed by atoms with Gasteiger partial charge in [-0.25, -0.2) is 4.98 Å². The second-order valence-electron chi connectivity index (χ2n) is 5.86. The predicted molar refractivity (Wildman–Crippen MR) is 92.3 cm³/mol. The molecular weight excluding hydrogens is 308 g/mol. The lowest BCUT2D eigenvalue weighted by molar-refractivity contribution is -0.126. The number of likely N-dealkylation sites (N-methyl/N-ethyl adjacent to an activating group) is 1. The maximum Gasteiger partial charge on any atom is 0.237 e. The molecular formula is C17H22N4OS. The fourth-order valence-corrected chi connectivity index (χ4v) is 3.66. The Morgan fingerprint density at radius 2 is 2.13 bits per heavy atom. The van der Waals surface area contributed by atoms with Crippen molar-refractivity contribution in [3.63, 3.8) is 0 Å². The zero-order valence-corrected chi connectivity index (χ0v) is 14.3. The van der Waals surface area contributed by atoms with Crippen molar-refractivity contribution >= 4 is 17.7 Å². The number of aryl methyl sites for hydroxylation is 1. The fourth-order valence-electron chi connectivity index (χ4n) is 2.87. The molecule has 0 aliphatic carbocycles. The first-order chi connectivity index (χ1) is 11.1. The van der Waals surface area contributed by atoms with Gasteiger partial charge in [0.15, 0.2) is 5.16 Å². The number of amides is 1. The van der Waals surface area contributed by atoms with E-state index in [9.17, 15) is 4.79 Å². The van der Waals surface area contributed by atoms with E-state index in [0.29, 0.717) is 6.54 Å². The molecule has 0 radical (unpaired) electrons. The van der Waals surface area contributed by atoms with Crippen molar-refractivity contribution in [1.82, 2.24) is 19.8 Å². The zero-order valence-electron chi connectivity index (χ0n) is 13.5. The predicted octanol–water partition coefficient (Wildman–Crippen LogP) is 1.69. The minimum atomic E-state index is -0.0805. The molecule has 1 atom stereocenters. The van der Waals surface area contributed by atoms with Crippen LogP contribution in [0.25, 0.3) is 0 Å². The Morgan fingerprint density at radius 1 is 1.35 bits per heavy atom. The summed E-state index contributed by atoms with van der Waals surface area (Å²) < 4.78 is 1.98. The van der Waals surface area contributed by atoms with Crippen LogP contribution in [-0.4, -0.2) is 45.7 Å². The van der Waals surface area contributed by atoms with E-state index in [1.54, 1.807) is 18.0 Å². The van der Waals surface area contributed by atoms with E-state index in [2.05, 4.69) is 33.4 Å². The van der Waals surface area contributed by atoms with Gasteiger partial charge in [0.05, 0.1) is 6.04 Å². The molecule has 5 nitrogen and oxygen atoms in total. The van der Waals surface area contributed by atoms with E-state index in [1.807, 2.05) is 30.9 Å². The highest BCUT2D eigenvalue weighted by atomic mass is 32.2. The zero-order chi connectivity index (χ0) is 16.2. The number of nitrogens with one attached hydrogen (secondary N) is 1. The average Bonchev–Trinajstić information content (AvgIpc) is 2.96. The third-order valence-electron chi connectivity index (χ3n) is 4.20. The molecule has 23 heavy (non-hydrogen) atoms. The van der Waals surface area contributed by atoms with Gasteiger partial charge >= 0.3 is 0 Å². The lowest BCUT2D eigenvalue weighted by Gasteiger charge is -2.33. The van der Waals surface area contributed by atoms with E-state index >= 15 is 0 Å². The molecule has 6 heteroatoms. The number of thioether (sulfide) groups is 1. The van der Waals surface area contributed by atoms with Gasteiger partial charge in [-0.1, -0.05) is 36.0 Å². The molecule has 1 amide bonds. The molecule has 0 spiro atoms. The van der Waals surface area contributed by atoms with Crippen molar-refractivity contribution < 1.29 is 4.79 Å². The molecule has 0 fully saturated rings. The highest BCUT2D eigenvalue weighted by Crippen LogP contribution is 2.22. The summed E-state index contributed by atoms with van der Waals surface area (Å²) >= 11 is 1.66. The topological polar surface area (TPSA) is 50.2 Å². The van der Waals surface area contributed by atoms with Gasteiger partial charge in [0, 0.05) is 38.3 Å². The SMILES string of the molecule is CN1Cc2ccccc2C[C@@H]1C(=O)NCCSc1nccn1C. The van der Waals surface area contributed by atoms with Gasteiger partial charge in [0.2, 0.25) is 5.91 Å². The molecule has 2 aromatic rings. The number of fused-ring (bicyclic) bond motifs is 1. The van der Waals surface area contributed by atoms with Crippen LogP contribution < -0.4 is 5.32 Å². The van der Waals surface area contributed by atoms with Gasteiger partial charge in [-0.15, -0.1) is 0 Å². The number of carbonyl (C=O) groups excluding carboxylic acids is 1. The van der Waals surface area contributed by atoms with E-state index in [0.717, 1.165) is 23.9 Å². The Labute approximate surface area is 141 Å². The highest BCUT2D eigenvalue weighted by molar-refractivity contribution is 7.99. The summed E-state index contributed by atoms with van der Waals surface area (Å²) in [5.74, 6) is 0.936. The molecule has 0 unspecified atom stereocenters. The molecule has 0 bridgehead atoms. The lowest BCUT2D eigenvalue weighted by Crippen LogP contribution is -2.48. The van der Waals surface area contributed by atoms with Gasteiger partial charge < -0.3 is 9.88 Å². The summed E-state index contributed by atoms with van der Waals surface area (Å²) in [6, 6.07) is 8.29. The van der Waals surface area contributed by atoms with Crippen molar-refractivity contribution in [1.29, 1.82) is 0 Å². The molecule has 3 rings (SSSR count). The van der Waals surface area contributed by atoms with Gasteiger partial charge in [-0.3, -0.25) is 9.69 Å². The Kier molecular flexibility index (Phi) is 5.03. The average molecular weight is 330 g/mol. The van der Waals surface area contributed by atoms with Gasteiger partial charge in [-0.05, 0) is 24.6 Å². The first-order valence-corrected chi connectivity index (χ1v) is 8.78. The normalized spacial score (nSPS) is 17.7. The molecule has 0 saturated heterocycles. The van der Waals surface area contributed by atoms with E-state index < -0.39 is 0 Å². The summed E-state index contributed by atoms with van der Waals surface area (Å²) in [4.78, 5) is 18.9. The molecule has 1 aliphatic rings. The van der Waals surface area contributed by atoms with E-state index in [1.165, 1.54) is 11.1 Å². The Bertz CT molecular complexity index is 685. The van der Waals surface area contributed by atoms with Crippen LogP contribution in [0.3, 0.4) is 0 Å². The quantitative estimate of drug-likeness (QED) is 0.669. The third-order valence-corrected chi connectivity index (χ3v) is 5.26. The van der Waals surface area contributed by atoms with Crippen LogP contribution in [0.5, 0.6) is 0 Å². The van der Waals surface area contributed by atoms with Crippen molar-refractivity contribution in [3.8, 4) is 0 Å². The summed E-state index contributed by atoms with van der Waals surface area (Å²) in [5, 5.41) is 4.03. The third kappa shape index (κ3) is 3.76. The van der Waals surface area contributed by atoms with Crippen molar-refractivity contribution in [2.24, 2.45) is 7.05 Å². The molecule has 0 saturated carbocycles. The second kappa shape index (κ2) is 7.19. The van der Waals surface area contributed by atoms with E-state index in [-0.39, 0.29) is 11.9 Å². The molecule has 1 aliphatic heterocycles. The Balaban J connectivity index is 1.50. The van der Waals surface area contributed by atoms with Crippen LogP contribution in [-0.2, 0) is 24.8 Å². The first-order valence-electron chi connectivity index (χ1n) is 7.80. The second-order valence-corrected chi connectivity index (χ2v) is 6.93. The number of nitrogens with zero attached hydrogens (tertiary/aromatic N) is 3. The van der Waals surface area contributed by atoms with Crippen LogP contribution in [0.15, 0.2) is 41.8 Å². The van der Waals surface area contributed by atoms with Gasteiger partial charge in [0.25, 0.3) is 0 Å². The van der Waals surface area contributed by atoms with Crippen LogP contribution in [0.1, 0.15) is 11.1 Å². The summed E-state index contributed by atoms with van der Waals surface area (Å²) in [6.07, 6.45) is 4.50. The van der Waals surface area contributed by atoms with Crippen molar-refractivity contribution in [2.75, 3.05) is 19.3 Å². The van der Waals surface area contributed by atoms with Crippen LogP contribution >= 0.6 is 11.8 Å². The van der Waals surface area contributed by atoms with Crippen LogP contribution in [0, 0.1) is 0 Å². The molecule has 1 aromatic heterocycles. The molecule has 1 N–H and O–H groups in total. The summed E-state index contributed by atoms with van der Waals surface area (Å²) in [5.41, 5.74) is 2.61. The number of carbonyl (C=O) groups is 1. The lowest BCUT2D eigenvalue weighted by atomic mass is 9.94. The Morgan fingerprint density at radius 3 is 2.87 bits per heavy atom. The van der Waals surface area contributed by atoms with Gasteiger partial charge in [0.1, 0.15) is 0 Å².